The lowest BCUT2D eigenvalue weighted by Crippen LogP contribution is -2.31. The first-order chi connectivity index (χ1) is 18.4. The van der Waals surface area contributed by atoms with Gasteiger partial charge in [0.05, 0.1) is 5.69 Å². The van der Waals surface area contributed by atoms with Gasteiger partial charge >= 0.3 is 0 Å². The summed E-state index contributed by atoms with van der Waals surface area (Å²) in [5, 5.41) is 2.65. The van der Waals surface area contributed by atoms with Gasteiger partial charge < -0.3 is 10.1 Å². The summed E-state index contributed by atoms with van der Waals surface area (Å²) in [6.07, 6.45) is 7.41. The summed E-state index contributed by atoms with van der Waals surface area (Å²) in [5.74, 6) is -0.417. The molecule has 0 heterocycles. The number of unbranched alkanes of at least 4 members (excludes halogenated alkanes) is 6. The Morgan fingerprint density at radius 3 is 2.11 bits per heavy atom. The molecule has 2 N–H and O–H groups in total. The van der Waals surface area contributed by atoms with E-state index in [4.69, 9.17) is 4.74 Å². The minimum Gasteiger partial charge on any atom is -0.489 e. The molecule has 0 saturated heterocycles. The van der Waals surface area contributed by atoms with Gasteiger partial charge in [-0.05, 0) is 48.4 Å². The number of sulfonamides is 1. The highest BCUT2D eigenvalue weighted by atomic mass is 32.2. The smallest absolute Gasteiger partial charge is 0.266 e. The van der Waals surface area contributed by atoms with Crippen molar-refractivity contribution in [2.75, 3.05) is 5.32 Å². The fraction of sp³-hybridized carbons (Fsp3) is 0.333. The average Bonchev–Trinajstić information content (AvgIpc) is 2.92. The van der Waals surface area contributed by atoms with Crippen molar-refractivity contribution in [3.05, 3.63) is 90.0 Å². The normalized spacial score (nSPS) is 11.1. The molecule has 0 unspecified atom stereocenters. The minimum absolute atomic E-state index is 0.0955. The maximum absolute atomic E-state index is 12.9. The largest absolute Gasteiger partial charge is 0.489 e. The molecule has 0 aromatic heterocycles. The summed E-state index contributed by atoms with van der Waals surface area (Å²) in [6.45, 7) is 2.57. The second kappa shape index (κ2) is 14.9. The summed E-state index contributed by atoms with van der Waals surface area (Å²) >= 11 is 0. The van der Waals surface area contributed by atoms with Crippen LogP contribution in [0.1, 0.15) is 74.2 Å². The summed E-state index contributed by atoms with van der Waals surface area (Å²) in [4.78, 5) is 25.0. The third-order valence-corrected chi connectivity index (χ3v) is 7.48. The fourth-order valence-electron chi connectivity index (χ4n) is 3.94. The first-order valence-corrected chi connectivity index (χ1v) is 14.6. The van der Waals surface area contributed by atoms with E-state index in [9.17, 15) is 18.0 Å². The molecule has 3 rings (SSSR count). The molecular weight excluding hydrogens is 500 g/mol. The van der Waals surface area contributed by atoms with Crippen molar-refractivity contribution < 1.29 is 22.7 Å². The van der Waals surface area contributed by atoms with Crippen LogP contribution in [0.3, 0.4) is 0 Å². The number of anilines is 1. The number of ether oxygens (including phenoxy) is 1. The highest BCUT2D eigenvalue weighted by Crippen LogP contribution is 2.22. The van der Waals surface area contributed by atoms with Crippen molar-refractivity contribution >= 4 is 27.5 Å². The number of para-hydroxylation sites is 1. The first-order valence-electron chi connectivity index (χ1n) is 13.1. The monoisotopic (exact) mass is 536 g/mol. The number of benzene rings is 3. The topological polar surface area (TPSA) is 102 Å². The zero-order valence-electron chi connectivity index (χ0n) is 21.8. The predicted octanol–water partition coefficient (Wildman–Crippen LogP) is 6.46. The summed E-state index contributed by atoms with van der Waals surface area (Å²) in [5.41, 5.74) is 1.46. The molecule has 0 fully saturated rings. The molecule has 0 aliphatic heterocycles. The Kier molecular flexibility index (Phi) is 11.4. The van der Waals surface area contributed by atoms with E-state index in [2.05, 4.69) is 17.0 Å². The van der Waals surface area contributed by atoms with Gasteiger partial charge in [0.25, 0.3) is 15.9 Å². The number of amides is 2. The molecule has 0 aliphatic rings. The van der Waals surface area contributed by atoms with Gasteiger partial charge in [-0.3, -0.25) is 9.59 Å². The van der Waals surface area contributed by atoms with Crippen molar-refractivity contribution in [3.8, 4) is 5.75 Å². The number of nitrogens with one attached hydrogen (secondary N) is 2. The molecule has 202 valence electrons. The minimum atomic E-state index is -4.15. The molecule has 0 bridgehead atoms. The lowest BCUT2D eigenvalue weighted by molar-refractivity contribution is -0.119. The van der Waals surface area contributed by atoms with E-state index >= 15 is 0 Å². The lowest BCUT2D eigenvalue weighted by atomic mass is 10.1. The summed E-state index contributed by atoms with van der Waals surface area (Å²) < 4.78 is 33.7. The van der Waals surface area contributed by atoms with Gasteiger partial charge in [-0.15, -0.1) is 0 Å². The van der Waals surface area contributed by atoms with Gasteiger partial charge in [0.15, 0.2) is 0 Å². The van der Waals surface area contributed by atoms with Crippen LogP contribution < -0.4 is 14.8 Å². The first kappa shape index (κ1) is 28.9. The summed E-state index contributed by atoms with van der Waals surface area (Å²) in [6, 6.07) is 22.3. The molecule has 0 aliphatic carbocycles. The number of rotatable bonds is 15. The van der Waals surface area contributed by atoms with Crippen LogP contribution in [-0.4, -0.2) is 20.2 Å². The van der Waals surface area contributed by atoms with Gasteiger partial charge in [-0.2, -0.15) is 0 Å². The SMILES string of the molecule is CCCCCCCCCC(=O)NS(=O)(=O)c1ccccc1NC(=O)c1ccc(OCc2ccccc2)cc1. The van der Waals surface area contributed by atoms with Gasteiger partial charge in [0.1, 0.15) is 17.3 Å². The van der Waals surface area contributed by atoms with Crippen LogP contribution >= 0.6 is 0 Å². The highest BCUT2D eigenvalue weighted by Gasteiger charge is 2.22. The van der Waals surface area contributed by atoms with E-state index in [0.29, 0.717) is 24.3 Å². The quantitative estimate of drug-likeness (QED) is 0.217. The maximum Gasteiger partial charge on any atom is 0.266 e. The van der Waals surface area contributed by atoms with Crippen LogP contribution in [0.4, 0.5) is 5.69 Å². The van der Waals surface area contributed by atoms with Crippen LogP contribution in [-0.2, 0) is 21.4 Å². The lowest BCUT2D eigenvalue weighted by Gasteiger charge is -2.13. The molecule has 2 amide bonds. The second-order valence-corrected chi connectivity index (χ2v) is 10.8. The van der Waals surface area contributed by atoms with Gasteiger partial charge in [0, 0.05) is 12.0 Å². The van der Waals surface area contributed by atoms with Crippen LogP contribution in [0, 0.1) is 0 Å². The highest BCUT2D eigenvalue weighted by molar-refractivity contribution is 7.90. The third-order valence-electron chi connectivity index (χ3n) is 6.05. The van der Waals surface area contributed by atoms with Gasteiger partial charge in [-0.1, -0.05) is 87.9 Å². The Balaban J connectivity index is 1.55. The zero-order valence-corrected chi connectivity index (χ0v) is 22.6. The number of carbonyl (C=O) groups is 2. The van der Waals surface area contributed by atoms with E-state index in [-0.39, 0.29) is 17.0 Å². The Morgan fingerprint density at radius 2 is 1.39 bits per heavy atom. The second-order valence-electron chi connectivity index (χ2n) is 9.15. The van der Waals surface area contributed by atoms with Gasteiger partial charge in [-0.25, -0.2) is 13.1 Å². The van der Waals surface area contributed by atoms with Crippen molar-refractivity contribution in [2.24, 2.45) is 0 Å². The van der Waals surface area contributed by atoms with E-state index in [1.807, 2.05) is 30.3 Å². The molecule has 0 radical (unpaired) electrons. The van der Waals surface area contributed by atoms with E-state index < -0.39 is 21.8 Å². The molecule has 38 heavy (non-hydrogen) atoms. The molecule has 0 atom stereocenters. The van der Waals surface area contributed by atoms with Crippen LogP contribution in [0.5, 0.6) is 5.75 Å². The van der Waals surface area contributed by atoms with Crippen molar-refractivity contribution in [2.45, 2.75) is 69.8 Å². The number of hydrogen-bond donors (Lipinski definition) is 2. The van der Waals surface area contributed by atoms with Crippen molar-refractivity contribution in [3.63, 3.8) is 0 Å². The molecule has 0 spiro atoms. The molecule has 8 heteroatoms. The van der Waals surface area contributed by atoms with E-state index in [0.717, 1.165) is 24.8 Å². The molecule has 0 saturated carbocycles. The Bertz CT molecular complexity index is 1280. The predicted molar refractivity (Wildman–Crippen MR) is 150 cm³/mol. The van der Waals surface area contributed by atoms with Crippen LogP contribution in [0.25, 0.3) is 0 Å². The van der Waals surface area contributed by atoms with E-state index in [1.54, 1.807) is 36.4 Å². The molecule has 3 aromatic carbocycles. The fourth-order valence-corrected chi connectivity index (χ4v) is 5.12. The Labute approximate surface area is 225 Å². The van der Waals surface area contributed by atoms with E-state index in [1.165, 1.54) is 31.4 Å². The Hall–Kier alpha value is -3.65. The summed E-state index contributed by atoms with van der Waals surface area (Å²) in [7, 11) is -4.15. The molecule has 7 nitrogen and oxygen atoms in total. The average molecular weight is 537 g/mol. The van der Waals surface area contributed by atoms with Crippen LogP contribution in [0.15, 0.2) is 83.8 Å². The molecular formula is C30H36N2O5S. The van der Waals surface area contributed by atoms with Gasteiger partial charge in [0.2, 0.25) is 5.91 Å². The number of hydrogen-bond acceptors (Lipinski definition) is 5. The number of carbonyl (C=O) groups excluding carboxylic acids is 2. The van der Waals surface area contributed by atoms with Crippen molar-refractivity contribution in [1.29, 1.82) is 0 Å². The van der Waals surface area contributed by atoms with Crippen LogP contribution in [0.2, 0.25) is 0 Å². The maximum atomic E-state index is 12.9. The third kappa shape index (κ3) is 9.34. The Morgan fingerprint density at radius 1 is 0.763 bits per heavy atom. The van der Waals surface area contributed by atoms with Crippen molar-refractivity contribution in [1.82, 2.24) is 4.72 Å². The standard InChI is InChI=1S/C30H36N2O5S/c1-2-3-4-5-6-7-11-18-29(33)32-38(35,36)28-17-13-12-16-27(28)31-30(34)25-19-21-26(22-20-25)37-23-24-14-9-8-10-15-24/h8-10,12-17,19-22H,2-7,11,18,23H2,1H3,(H,31,34)(H,32,33). The zero-order chi connectivity index (χ0) is 27.2. The molecule has 3 aromatic rings.